The van der Waals surface area contributed by atoms with Gasteiger partial charge in [0.15, 0.2) is 5.78 Å². The van der Waals surface area contributed by atoms with E-state index in [1.54, 1.807) is 0 Å². The summed E-state index contributed by atoms with van der Waals surface area (Å²) in [7, 11) is 0. The third-order valence-corrected chi connectivity index (χ3v) is 3.91. The molecule has 20 heavy (non-hydrogen) atoms. The van der Waals surface area contributed by atoms with Crippen molar-refractivity contribution in [1.82, 2.24) is 0 Å². The summed E-state index contributed by atoms with van der Waals surface area (Å²) < 4.78 is 0. The molecule has 1 nitrogen and oxygen atoms in total. The van der Waals surface area contributed by atoms with E-state index in [0.717, 1.165) is 41.5 Å². The van der Waals surface area contributed by atoms with Gasteiger partial charge in [0.25, 0.3) is 0 Å². The zero-order chi connectivity index (χ0) is 13.9. The van der Waals surface area contributed by atoms with Crippen LogP contribution in [0.5, 0.6) is 0 Å². The number of halogens is 1. The molecule has 0 saturated carbocycles. The molecule has 0 radical (unpaired) electrons. The molecule has 0 aliphatic heterocycles. The van der Waals surface area contributed by atoms with E-state index >= 15 is 0 Å². The molecule has 2 aromatic carbocycles. The van der Waals surface area contributed by atoms with Crippen molar-refractivity contribution in [3.05, 3.63) is 75.8 Å². The highest BCUT2D eigenvalue weighted by atomic mass is 35.5. The fourth-order valence-electron chi connectivity index (χ4n) is 2.61. The van der Waals surface area contributed by atoms with Crippen LogP contribution in [-0.4, -0.2) is 5.78 Å². The fourth-order valence-corrected chi connectivity index (χ4v) is 2.74. The van der Waals surface area contributed by atoms with E-state index in [2.05, 4.69) is 6.07 Å². The average Bonchev–Trinajstić information content (AvgIpc) is 2.62. The number of carbonyl (C=O) groups excluding carboxylic acids is 1. The highest BCUT2D eigenvalue weighted by molar-refractivity contribution is 6.30. The minimum Gasteiger partial charge on any atom is -0.289 e. The van der Waals surface area contributed by atoms with Gasteiger partial charge in [0.2, 0.25) is 0 Å². The van der Waals surface area contributed by atoms with Crippen molar-refractivity contribution in [3.8, 4) is 0 Å². The Balaban J connectivity index is 1.98. The van der Waals surface area contributed by atoms with Gasteiger partial charge in [-0.3, -0.25) is 4.79 Å². The molecule has 1 aliphatic rings. The summed E-state index contributed by atoms with van der Waals surface area (Å²) >= 11 is 5.89. The predicted molar refractivity (Wildman–Crippen MR) is 83.1 cm³/mol. The van der Waals surface area contributed by atoms with Gasteiger partial charge >= 0.3 is 0 Å². The largest absolute Gasteiger partial charge is 0.289 e. The lowest BCUT2D eigenvalue weighted by Gasteiger charge is -2.05. The van der Waals surface area contributed by atoms with Crippen LogP contribution in [0.2, 0.25) is 5.02 Å². The summed E-state index contributed by atoms with van der Waals surface area (Å²) in [5.74, 6) is 0.160. The Morgan fingerprint density at radius 3 is 2.50 bits per heavy atom. The first kappa shape index (κ1) is 13.1. The molecule has 2 aromatic rings. The van der Waals surface area contributed by atoms with E-state index in [0.29, 0.717) is 5.02 Å². The van der Waals surface area contributed by atoms with Gasteiger partial charge in [-0.15, -0.1) is 0 Å². The third-order valence-electron chi connectivity index (χ3n) is 3.66. The van der Waals surface area contributed by atoms with Gasteiger partial charge in [-0.25, -0.2) is 0 Å². The Morgan fingerprint density at radius 2 is 1.70 bits per heavy atom. The molecular formula is C18H15ClO. The molecule has 0 atom stereocenters. The van der Waals surface area contributed by atoms with Crippen LogP contribution in [0, 0.1) is 0 Å². The Bertz CT molecular complexity index is 668. The number of benzene rings is 2. The Labute approximate surface area is 123 Å². The van der Waals surface area contributed by atoms with Crippen LogP contribution in [-0.2, 0) is 6.42 Å². The van der Waals surface area contributed by atoms with Crippen molar-refractivity contribution in [2.24, 2.45) is 0 Å². The maximum Gasteiger partial charge on any atom is 0.189 e. The Hall–Kier alpha value is -1.86. The summed E-state index contributed by atoms with van der Waals surface area (Å²) in [5.41, 5.74) is 3.93. The quantitative estimate of drug-likeness (QED) is 0.535. The van der Waals surface area contributed by atoms with Gasteiger partial charge in [-0.05, 0) is 48.6 Å². The highest BCUT2D eigenvalue weighted by Crippen LogP contribution is 2.26. The molecule has 0 amide bonds. The zero-order valence-electron chi connectivity index (χ0n) is 11.1. The zero-order valence-corrected chi connectivity index (χ0v) is 11.9. The van der Waals surface area contributed by atoms with Crippen molar-refractivity contribution >= 4 is 23.5 Å². The molecule has 1 aliphatic carbocycles. The van der Waals surface area contributed by atoms with E-state index in [1.807, 2.05) is 48.5 Å². The molecule has 0 saturated heterocycles. The lowest BCUT2D eigenvalue weighted by Crippen LogP contribution is -2.03. The average molecular weight is 283 g/mol. The van der Waals surface area contributed by atoms with Crippen molar-refractivity contribution in [2.45, 2.75) is 19.3 Å². The van der Waals surface area contributed by atoms with E-state index in [-0.39, 0.29) is 5.78 Å². The monoisotopic (exact) mass is 282 g/mol. The standard InChI is InChI=1S/C18H15ClO/c19-16-10-8-13(9-11-16)12-15-6-3-5-14-4-1-2-7-17(14)18(15)20/h1-2,4,7-12H,3,5-6H2. The topological polar surface area (TPSA) is 17.1 Å². The molecule has 0 unspecified atom stereocenters. The predicted octanol–water partition coefficient (Wildman–Crippen LogP) is 4.94. The minimum atomic E-state index is 0.160. The third kappa shape index (κ3) is 2.68. The first-order valence-corrected chi connectivity index (χ1v) is 7.20. The number of hydrogen-bond acceptors (Lipinski definition) is 1. The Morgan fingerprint density at radius 1 is 0.950 bits per heavy atom. The smallest absolute Gasteiger partial charge is 0.189 e. The van der Waals surface area contributed by atoms with E-state index in [9.17, 15) is 4.79 Å². The number of rotatable bonds is 1. The van der Waals surface area contributed by atoms with Crippen LogP contribution in [0.25, 0.3) is 6.08 Å². The number of hydrogen-bond donors (Lipinski definition) is 0. The van der Waals surface area contributed by atoms with Crippen LogP contribution < -0.4 is 0 Å². The molecule has 0 fully saturated rings. The van der Waals surface area contributed by atoms with Crippen molar-refractivity contribution in [3.63, 3.8) is 0 Å². The summed E-state index contributed by atoms with van der Waals surface area (Å²) in [6, 6.07) is 15.5. The normalized spacial score (nSPS) is 16.9. The van der Waals surface area contributed by atoms with Gasteiger partial charge in [0.1, 0.15) is 0 Å². The van der Waals surface area contributed by atoms with Gasteiger partial charge < -0.3 is 0 Å². The maximum absolute atomic E-state index is 12.6. The molecule has 100 valence electrons. The lowest BCUT2D eigenvalue weighted by molar-refractivity contribution is 0.103. The summed E-state index contributed by atoms with van der Waals surface area (Å²) in [4.78, 5) is 12.6. The van der Waals surface area contributed by atoms with Crippen molar-refractivity contribution < 1.29 is 4.79 Å². The number of fused-ring (bicyclic) bond motifs is 1. The van der Waals surface area contributed by atoms with Gasteiger partial charge in [-0.2, -0.15) is 0 Å². The highest BCUT2D eigenvalue weighted by Gasteiger charge is 2.19. The number of aryl methyl sites for hydroxylation is 1. The van der Waals surface area contributed by atoms with E-state index in [1.165, 1.54) is 0 Å². The van der Waals surface area contributed by atoms with Gasteiger partial charge in [0, 0.05) is 16.2 Å². The fraction of sp³-hybridized carbons (Fsp3) is 0.167. The van der Waals surface area contributed by atoms with E-state index < -0.39 is 0 Å². The van der Waals surface area contributed by atoms with Crippen molar-refractivity contribution in [1.29, 1.82) is 0 Å². The number of allylic oxidation sites excluding steroid dienone is 1. The molecule has 2 heteroatoms. The van der Waals surface area contributed by atoms with Gasteiger partial charge in [0.05, 0.1) is 0 Å². The second-order valence-electron chi connectivity index (χ2n) is 5.06. The molecule has 3 rings (SSSR count). The number of carbonyl (C=O) groups is 1. The first-order chi connectivity index (χ1) is 9.74. The SMILES string of the molecule is O=C1C(=Cc2ccc(Cl)cc2)CCCc2ccccc21. The molecule has 0 bridgehead atoms. The summed E-state index contributed by atoms with van der Waals surface area (Å²) in [5, 5.41) is 0.713. The Kier molecular flexibility index (Phi) is 3.70. The molecule has 0 spiro atoms. The number of Topliss-reactive ketones (excluding diaryl/α,β-unsaturated/α-hetero) is 1. The minimum absolute atomic E-state index is 0.160. The van der Waals surface area contributed by atoms with Crippen LogP contribution in [0.3, 0.4) is 0 Å². The summed E-state index contributed by atoms with van der Waals surface area (Å²) in [6.07, 6.45) is 4.80. The van der Waals surface area contributed by atoms with E-state index in [4.69, 9.17) is 11.6 Å². The molecule has 0 N–H and O–H groups in total. The molecule has 0 heterocycles. The maximum atomic E-state index is 12.6. The van der Waals surface area contributed by atoms with Crippen LogP contribution in [0.15, 0.2) is 54.1 Å². The van der Waals surface area contributed by atoms with Crippen molar-refractivity contribution in [2.75, 3.05) is 0 Å². The van der Waals surface area contributed by atoms with Crippen LogP contribution in [0.1, 0.15) is 34.3 Å². The van der Waals surface area contributed by atoms with Crippen LogP contribution >= 0.6 is 11.6 Å². The molecular weight excluding hydrogens is 268 g/mol. The summed E-state index contributed by atoms with van der Waals surface area (Å²) in [6.45, 7) is 0. The first-order valence-electron chi connectivity index (χ1n) is 6.83. The lowest BCUT2D eigenvalue weighted by atomic mass is 9.98. The second kappa shape index (κ2) is 5.64. The van der Waals surface area contributed by atoms with Gasteiger partial charge in [-0.1, -0.05) is 48.0 Å². The number of ketones is 1. The second-order valence-corrected chi connectivity index (χ2v) is 5.50. The van der Waals surface area contributed by atoms with Crippen LogP contribution in [0.4, 0.5) is 0 Å². The molecule has 0 aromatic heterocycles.